The van der Waals surface area contributed by atoms with Crippen molar-refractivity contribution < 1.29 is 14.3 Å². The molecular weight excluding hydrogens is 434 g/mol. The van der Waals surface area contributed by atoms with Crippen molar-refractivity contribution in [2.45, 2.75) is 51.0 Å². The molecule has 2 aliphatic carbocycles. The third-order valence-corrected chi connectivity index (χ3v) is 7.09. The first-order valence-electron chi connectivity index (χ1n) is 10.4. The van der Waals surface area contributed by atoms with E-state index in [1.807, 2.05) is 0 Å². The zero-order valence-corrected chi connectivity index (χ0v) is 18.1. The maximum atomic E-state index is 12.7. The molecule has 152 valence electrons. The summed E-state index contributed by atoms with van der Waals surface area (Å²) >= 11 is 3.65. The fourth-order valence-corrected chi connectivity index (χ4v) is 4.98. The Morgan fingerprint density at radius 3 is 2.72 bits per heavy atom. The van der Waals surface area contributed by atoms with Crippen LogP contribution in [0.15, 0.2) is 33.7 Å². The molecule has 0 amide bonds. The molecule has 1 aliphatic heterocycles. The predicted octanol–water partition coefficient (Wildman–Crippen LogP) is 4.68. The van der Waals surface area contributed by atoms with E-state index in [0.717, 1.165) is 53.8 Å². The Morgan fingerprint density at radius 1 is 1.28 bits per heavy atom. The molecule has 6 heteroatoms. The number of hydrogen-bond acceptors (Lipinski definition) is 4. The number of aromatic nitrogens is 1. The van der Waals surface area contributed by atoms with E-state index < -0.39 is 5.97 Å². The Labute approximate surface area is 178 Å². The van der Waals surface area contributed by atoms with Gasteiger partial charge in [-0.05, 0) is 85.0 Å². The van der Waals surface area contributed by atoms with Crippen molar-refractivity contribution >= 4 is 21.9 Å². The lowest BCUT2D eigenvalue weighted by Crippen LogP contribution is -2.46. The van der Waals surface area contributed by atoms with Crippen molar-refractivity contribution in [1.82, 2.24) is 4.57 Å². The quantitative estimate of drug-likeness (QED) is 0.611. The van der Waals surface area contributed by atoms with E-state index >= 15 is 0 Å². The number of halogens is 1. The Balaban J connectivity index is 1.61. The maximum Gasteiger partial charge on any atom is 0.343 e. The lowest BCUT2D eigenvalue weighted by atomic mass is 9.69. The van der Waals surface area contributed by atoms with Gasteiger partial charge in [0, 0.05) is 23.4 Å². The maximum absolute atomic E-state index is 12.7. The summed E-state index contributed by atoms with van der Waals surface area (Å²) in [5.74, 6) is 1.03. The molecule has 3 aliphatic rings. The predicted molar refractivity (Wildman–Crippen MR) is 114 cm³/mol. The second-order valence-corrected chi connectivity index (χ2v) is 9.33. The van der Waals surface area contributed by atoms with Crippen LogP contribution in [0.4, 0.5) is 0 Å². The van der Waals surface area contributed by atoms with E-state index in [4.69, 9.17) is 9.47 Å². The van der Waals surface area contributed by atoms with Gasteiger partial charge in [0.05, 0.1) is 23.4 Å². The van der Waals surface area contributed by atoms with Crippen LogP contribution >= 0.6 is 15.9 Å². The van der Waals surface area contributed by atoms with E-state index in [9.17, 15) is 9.59 Å². The highest BCUT2D eigenvalue weighted by Crippen LogP contribution is 2.50. The van der Waals surface area contributed by atoms with Gasteiger partial charge < -0.3 is 14.0 Å². The minimum atomic E-state index is -0.543. The molecule has 1 aromatic carbocycles. The van der Waals surface area contributed by atoms with Crippen molar-refractivity contribution in [3.63, 3.8) is 0 Å². The molecule has 0 atom stereocenters. The molecule has 0 saturated heterocycles. The topological polar surface area (TPSA) is 57.5 Å². The van der Waals surface area contributed by atoms with Crippen LogP contribution in [0.5, 0.6) is 5.75 Å². The number of esters is 1. The van der Waals surface area contributed by atoms with E-state index in [2.05, 4.69) is 32.6 Å². The lowest BCUT2D eigenvalue weighted by Gasteiger charge is -2.48. The minimum absolute atomic E-state index is 0.0706. The molecule has 5 rings (SSSR count). The molecule has 1 spiro atoms. The molecule has 0 N–H and O–H groups in total. The number of rotatable bonds is 5. The zero-order valence-electron chi connectivity index (χ0n) is 16.5. The van der Waals surface area contributed by atoms with Crippen LogP contribution in [0.25, 0.3) is 11.3 Å². The van der Waals surface area contributed by atoms with Gasteiger partial charge in [-0.3, -0.25) is 4.79 Å². The van der Waals surface area contributed by atoms with E-state index in [1.54, 1.807) is 19.2 Å². The zero-order chi connectivity index (χ0) is 20.2. The highest BCUT2D eigenvalue weighted by molar-refractivity contribution is 9.10. The molecule has 2 fully saturated rings. The van der Waals surface area contributed by atoms with Crippen molar-refractivity contribution in [2.24, 2.45) is 5.92 Å². The highest BCUT2D eigenvalue weighted by atomic mass is 79.9. The fraction of sp³-hybridized carbons (Fsp3) is 0.478. The Kier molecular flexibility index (Phi) is 4.57. The van der Waals surface area contributed by atoms with Crippen LogP contribution in [0.3, 0.4) is 0 Å². The summed E-state index contributed by atoms with van der Waals surface area (Å²) in [4.78, 5) is 25.0. The summed E-state index contributed by atoms with van der Waals surface area (Å²) in [6.45, 7) is 2.77. The number of carbonyl (C=O) groups excluding carboxylic acids is 1. The SMILES string of the molecule is CCOC(=O)c1cn2c(cc1=O)-c1cc(Br)c(OCC3CC3)cc1CC21CCC1. The molecule has 0 unspecified atom stereocenters. The average molecular weight is 458 g/mol. The average Bonchev–Trinajstić information content (AvgIpc) is 3.49. The van der Waals surface area contributed by atoms with E-state index in [1.165, 1.54) is 18.4 Å². The highest BCUT2D eigenvalue weighted by Gasteiger charge is 2.43. The number of hydrogen-bond donors (Lipinski definition) is 0. The first-order chi connectivity index (χ1) is 14.0. The first kappa shape index (κ1) is 18.9. The summed E-state index contributed by atoms with van der Waals surface area (Å²) in [6.07, 6.45) is 8.35. The Hall–Kier alpha value is -2.08. The number of ether oxygens (including phenoxy) is 2. The van der Waals surface area contributed by atoms with Gasteiger partial charge in [0.1, 0.15) is 11.3 Å². The lowest BCUT2D eigenvalue weighted by molar-refractivity contribution is 0.0521. The second-order valence-electron chi connectivity index (χ2n) is 8.48. The number of pyridine rings is 1. The summed E-state index contributed by atoms with van der Waals surface area (Å²) in [5, 5.41) is 0. The molecule has 2 heterocycles. The van der Waals surface area contributed by atoms with Gasteiger partial charge in [0.15, 0.2) is 5.43 Å². The van der Waals surface area contributed by atoms with Crippen molar-refractivity contribution in [3.8, 4) is 17.0 Å². The van der Waals surface area contributed by atoms with Crippen LogP contribution in [-0.2, 0) is 16.7 Å². The monoisotopic (exact) mass is 457 g/mol. The standard InChI is InChI=1S/C23H24BrNO4/c1-2-28-22(27)17-12-25-19(10-20(17)26)16-9-18(24)21(29-13-14-4-5-14)8-15(16)11-23(25)6-3-7-23/h8-10,12,14H,2-7,11,13H2,1H3. The largest absolute Gasteiger partial charge is 0.492 e. The van der Waals surface area contributed by atoms with Crippen LogP contribution in [-0.4, -0.2) is 23.8 Å². The minimum Gasteiger partial charge on any atom is -0.492 e. The van der Waals surface area contributed by atoms with Crippen LogP contribution in [0, 0.1) is 5.92 Å². The third-order valence-electron chi connectivity index (χ3n) is 6.47. The van der Waals surface area contributed by atoms with Crippen molar-refractivity contribution in [2.75, 3.05) is 13.2 Å². The number of carbonyl (C=O) groups is 1. The van der Waals surface area contributed by atoms with Crippen molar-refractivity contribution in [1.29, 1.82) is 0 Å². The molecule has 5 nitrogen and oxygen atoms in total. The molecular formula is C23H24BrNO4. The fourth-order valence-electron chi connectivity index (χ4n) is 4.52. The van der Waals surface area contributed by atoms with Crippen LogP contribution < -0.4 is 10.2 Å². The normalized spacial score (nSPS) is 18.6. The molecule has 29 heavy (non-hydrogen) atoms. The number of nitrogens with zero attached hydrogens (tertiary/aromatic N) is 1. The van der Waals surface area contributed by atoms with Gasteiger partial charge in [-0.15, -0.1) is 0 Å². The van der Waals surface area contributed by atoms with Crippen molar-refractivity contribution in [3.05, 3.63) is 50.2 Å². The summed E-state index contributed by atoms with van der Waals surface area (Å²) in [5.41, 5.74) is 2.87. The van der Waals surface area contributed by atoms with Gasteiger partial charge in [-0.25, -0.2) is 4.79 Å². The summed E-state index contributed by atoms with van der Waals surface area (Å²) in [6, 6.07) is 5.79. The Morgan fingerprint density at radius 2 is 2.07 bits per heavy atom. The van der Waals surface area contributed by atoms with Gasteiger partial charge in [0.2, 0.25) is 0 Å². The Bertz CT molecular complexity index is 1050. The first-order valence-corrected chi connectivity index (χ1v) is 11.2. The third kappa shape index (κ3) is 3.21. The van der Waals surface area contributed by atoms with Gasteiger partial charge >= 0.3 is 5.97 Å². The van der Waals surface area contributed by atoms with E-state index in [0.29, 0.717) is 5.92 Å². The molecule has 2 saturated carbocycles. The van der Waals surface area contributed by atoms with Gasteiger partial charge in [-0.2, -0.15) is 0 Å². The summed E-state index contributed by atoms with van der Waals surface area (Å²) in [7, 11) is 0. The second kappa shape index (κ2) is 7.01. The number of benzene rings is 1. The smallest absolute Gasteiger partial charge is 0.343 e. The van der Waals surface area contributed by atoms with Gasteiger partial charge in [0.25, 0.3) is 0 Å². The van der Waals surface area contributed by atoms with Crippen LogP contribution in [0.2, 0.25) is 0 Å². The van der Waals surface area contributed by atoms with Gasteiger partial charge in [-0.1, -0.05) is 0 Å². The number of fused-ring (bicyclic) bond motifs is 4. The molecule has 0 bridgehead atoms. The molecule has 1 aromatic heterocycles. The molecule has 2 aromatic rings. The van der Waals surface area contributed by atoms with Crippen LogP contribution in [0.1, 0.15) is 54.9 Å². The molecule has 0 radical (unpaired) electrons. The summed E-state index contributed by atoms with van der Waals surface area (Å²) < 4.78 is 14.2. The van der Waals surface area contributed by atoms with E-state index in [-0.39, 0.29) is 23.1 Å².